The molecule has 1 atom stereocenters. The lowest BCUT2D eigenvalue weighted by molar-refractivity contribution is -0.256. The van der Waals surface area contributed by atoms with Crippen molar-refractivity contribution >= 4 is 17.9 Å². The SMILES string of the molecule is COc1c(Cl)cccc1C1(C(O)(C=O)C(F)(F)F)CC1. The van der Waals surface area contributed by atoms with Gasteiger partial charge in [-0.3, -0.25) is 4.79 Å². The minimum absolute atomic E-state index is 0.0262. The van der Waals surface area contributed by atoms with Gasteiger partial charge in [-0.25, -0.2) is 0 Å². The van der Waals surface area contributed by atoms with Gasteiger partial charge < -0.3 is 9.84 Å². The average Bonchev–Trinajstić information content (AvgIpc) is 3.17. The molecule has 1 saturated carbocycles. The maximum Gasteiger partial charge on any atom is 0.425 e. The fraction of sp³-hybridized carbons (Fsp3) is 0.462. The lowest BCUT2D eigenvalue weighted by Gasteiger charge is -2.34. The van der Waals surface area contributed by atoms with Crippen LogP contribution >= 0.6 is 11.6 Å². The summed E-state index contributed by atoms with van der Waals surface area (Å²) in [6.45, 7) is 0. The van der Waals surface area contributed by atoms with Crippen LogP contribution in [0, 0.1) is 0 Å². The molecule has 0 spiro atoms. The molecule has 7 heteroatoms. The average molecular weight is 309 g/mol. The predicted molar refractivity (Wildman–Crippen MR) is 66.0 cm³/mol. The molecule has 1 fully saturated rings. The zero-order valence-corrected chi connectivity index (χ0v) is 11.3. The van der Waals surface area contributed by atoms with Crippen molar-refractivity contribution in [2.75, 3.05) is 7.11 Å². The summed E-state index contributed by atoms with van der Waals surface area (Å²) in [5.41, 5.74) is -5.08. The monoisotopic (exact) mass is 308 g/mol. The summed E-state index contributed by atoms with van der Waals surface area (Å²) in [6.07, 6.45) is -5.46. The maximum atomic E-state index is 13.1. The van der Waals surface area contributed by atoms with Crippen LogP contribution in [0.4, 0.5) is 13.2 Å². The van der Waals surface area contributed by atoms with Crippen molar-refractivity contribution in [1.82, 2.24) is 0 Å². The van der Waals surface area contributed by atoms with Gasteiger partial charge in [0.15, 0.2) is 6.29 Å². The molecule has 0 bridgehead atoms. The highest BCUT2D eigenvalue weighted by Crippen LogP contribution is 2.62. The zero-order valence-electron chi connectivity index (χ0n) is 10.5. The number of benzene rings is 1. The Kier molecular flexibility index (Phi) is 3.50. The number of carbonyl (C=O) groups is 1. The van der Waals surface area contributed by atoms with Crippen molar-refractivity contribution in [3.05, 3.63) is 28.8 Å². The van der Waals surface area contributed by atoms with Gasteiger partial charge in [-0.15, -0.1) is 0 Å². The summed E-state index contributed by atoms with van der Waals surface area (Å²) in [6, 6.07) is 4.31. The van der Waals surface area contributed by atoms with E-state index in [1.54, 1.807) is 0 Å². The van der Waals surface area contributed by atoms with Gasteiger partial charge in [-0.2, -0.15) is 13.2 Å². The number of aldehydes is 1. The van der Waals surface area contributed by atoms with Crippen molar-refractivity contribution < 1.29 is 27.8 Å². The van der Waals surface area contributed by atoms with Crippen molar-refractivity contribution in [2.45, 2.75) is 30.0 Å². The maximum absolute atomic E-state index is 13.1. The Labute approximate surface area is 118 Å². The predicted octanol–water partition coefficient (Wildman–Crippen LogP) is 2.87. The third-order valence-electron chi connectivity index (χ3n) is 3.77. The Balaban J connectivity index is 2.63. The van der Waals surface area contributed by atoms with E-state index in [1.165, 1.54) is 25.3 Å². The van der Waals surface area contributed by atoms with Crippen LogP contribution in [-0.4, -0.2) is 30.3 Å². The van der Waals surface area contributed by atoms with Crippen LogP contribution < -0.4 is 4.74 Å². The summed E-state index contributed by atoms with van der Waals surface area (Å²) < 4.78 is 44.3. The third-order valence-corrected chi connectivity index (χ3v) is 4.07. The third kappa shape index (κ3) is 1.90. The van der Waals surface area contributed by atoms with Gasteiger partial charge in [0.2, 0.25) is 5.60 Å². The summed E-state index contributed by atoms with van der Waals surface area (Å²) in [7, 11) is 1.27. The Morgan fingerprint density at radius 3 is 2.40 bits per heavy atom. The van der Waals surface area contributed by atoms with Gasteiger partial charge in [-0.1, -0.05) is 23.7 Å². The minimum Gasteiger partial charge on any atom is -0.495 e. The van der Waals surface area contributed by atoms with Crippen LogP contribution in [0.25, 0.3) is 0 Å². The van der Waals surface area contributed by atoms with Crippen LogP contribution in [0.5, 0.6) is 5.75 Å². The van der Waals surface area contributed by atoms with Gasteiger partial charge in [0, 0.05) is 11.0 Å². The van der Waals surface area contributed by atoms with E-state index in [1.807, 2.05) is 0 Å². The lowest BCUT2D eigenvalue weighted by Crippen LogP contribution is -2.56. The number of rotatable bonds is 4. The number of halogens is 4. The van der Waals surface area contributed by atoms with Crippen LogP contribution in [0.15, 0.2) is 18.2 Å². The second kappa shape index (κ2) is 4.63. The highest BCUT2D eigenvalue weighted by Gasteiger charge is 2.72. The van der Waals surface area contributed by atoms with E-state index in [-0.39, 0.29) is 29.2 Å². The summed E-state index contributed by atoms with van der Waals surface area (Å²) in [5, 5.41) is 10.1. The van der Waals surface area contributed by atoms with Crippen molar-refractivity contribution in [2.24, 2.45) is 0 Å². The molecule has 0 saturated heterocycles. The van der Waals surface area contributed by atoms with Crippen molar-refractivity contribution in [3.63, 3.8) is 0 Å². The molecule has 20 heavy (non-hydrogen) atoms. The number of ether oxygens (including phenoxy) is 1. The van der Waals surface area contributed by atoms with E-state index < -0.39 is 23.5 Å². The van der Waals surface area contributed by atoms with Gasteiger partial charge in [0.25, 0.3) is 0 Å². The van der Waals surface area contributed by atoms with Gasteiger partial charge in [-0.05, 0) is 18.9 Å². The topological polar surface area (TPSA) is 46.5 Å². The zero-order chi connectivity index (χ0) is 15.2. The Hall–Kier alpha value is -1.27. The van der Waals surface area contributed by atoms with E-state index in [4.69, 9.17) is 16.3 Å². The molecule has 1 N–H and O–H groups in total. The summed E-state index contributed by atoms with van der Waals surface area (Å²) in [4.78, 5) is 11.0. The second-order valence-corrected chi connectivity index (χ2v) is 5.19. The first-order chi connectivity index (χ1) is 9.23. The van der Waals surface area contributed by atoms with E-state index in [2.05, 4.69) is 0 Å². The molecule has 2 rings (SSSR count). The van der Waals surface area contributed by atoms with Gasteiger partial charge >= 0.3 is 6.18 Å². The highest BCUT2D eigenvalue weighted by atomic mass is 35.5. The van der Waals surface area contributed by atoms with E-state index in [9.17, 15) is 23.1 Å². The standard InChI is InChI=1S/C13H12ClF3O3/c1-20-10-8(3-2-4-9(10)14)11(5-6-11)12(19,7-18)13(15,16)17/h2-4,7,19H,5-6H2,1H3. The number of hydrogen-bond acceptors (Lipinski definition) is 3. The summed E-state index contributed by atoms with van der Waals surface area (Å²) in [5.74, 6) is 0.0520. The minimum atomic E-state index is -5.07. The molecule has 1 aromatic carbocycles. The number of carbonyl (C=O) groups excluding carboxylic acids is 1. The van der Waals surface area contributed by atoms with Crippen molar-refractivity contribution in [1.29, 1.82) is 0 Å². The largest absolute Gasteiger partial charge is 0.495 e. The van der Waals surface area contributed by atoms with E-state index in [0.29, 0.717) is 0 Å². The van der Waals surface area contributed by atoms with E-state index >= 15 is 0 Å². The van der Waals surface area contributed by atoms with Crippen LogP contribution in [0.1, 0.15) is 18.4 Å². The van der Waals surface area contributed by atoms with Crippen LogP contribution in [-0.2, 0) is 10.2 Å². The molecule has 1 aliphatic rings. The fourth-order valence-corrected chi connectivity index (χ4v) is 2.78. The van der Waals surface area contributed by atoms with Gasteiger partial charge in [0.1, 0.15) is 5.75 Å². The van der Waals surface area contributed by atoms with Crippen LogP contribution in [0.2, 0.25) is 5.02 Å². The molecular formula is C13H12ClF3O3. The second-order valence-electron chi connectivity index (χ2n) is 4.78. The first kappa shape index (κ1) is 15.1. The molecule has 1 unspecified atom stereocenters. The molecule has 0 amide bonds. The quantitative estimate of drug-likeness (QED) is 0.870. The molecule has 0 aromatic heterocycles. The number of para-hydroxylation sites is 1. The smallest absolute Gasteiger partial charge is 0.425 e. The molecule has 3 nitrogen and oxygen atoms in total. The number of hydrogen-bond donors (Lipinski definition) is 1. The molecule has 1 aliphatic carbocycles. The number of methoxy groups -OCH3 is 1. The Bertz CT molecular complexity index is 540. The lowest BCUT2D eigenvalue weighted by atomic mass is 9.78. The van der Waals surface area contributed by atoms with Crippen LogP contribution in [0.3, 0.4) is 0 Å². The molecule has 0 radical (unpaired) electrons. The van der Waals surface area contributed by atoms with Crippen molar-refractivity contribution in [3.8, 4) is 5.75 Å². The summed E-state index contributed by atoms with van der Waals surface area (Å²) >= 11 is 5.89. The molecule has 1 aromatic rings. The Morgan fingerprint density at radius 1 is 1.40 bits per heavy atom. The number of alkyl halides is 3. The molecule has 0 aliphatic heterocycles. The first-order valence-electron chi connectivity index (χ1n) is 5.82. The first-order valence-corrected chi connectivity index (χ1v) is 6.20. The Morgan fingerprint density at radius 2 is 2.00 bits per heavy atom. The van der Waals surface area contributed by atoms with Gasteiger partial charge in [0.05, 0.1) is 12.1 Å². The highest BCUT2D eigenvalue weighted by molar-refractivity contribution is 6.32. The molecule has 110 valence electrons. The normalized spacial score (nSPS) is 20.1. The molecule has 0 heterocycles. The molecular weight excluding hydrogens is 297 g/mol. The number of aliphatic hydroxyl groups is 1. The fourth-order valence-electron chi connectivity index (χ4n) is 2.52. The van der Waals surface area contributed by atoms with E-state index in [0.717, 1.165) is 0 Å².